The number of hydrogen-bond donors (Lipinski definition) is 1. The summed E-state index contributed by atoms with van der Waals surface area (Å²) in [6.07, 6.45) is 4.89. The van der Waals surface area contributed by atoms with Gasteiger partial charge in [0, 0.05) is 19.3 Å². The number of likely N-dealkylation sites (tertiary alicyclic amines) is 1. The Morgan fingerprint density at radius 2 is 1.88 bits per heavy atom. The van der Waals surface area contributed by atoms with Gasteiger partial charge in [0.15, 0.2) is 6.73 Å². The highest BCUT2D eigenvalue weighted by molar-refractivity contribution is 5.95. The molecular weight excluding hydrogens is 332 g/mol. The van der Waals surface area contributed by atoms with Gasteiger partial charge in [-0.25, -0.2) is 4.68 Å². The standard InChI is InChI=1S/C19H24N4O3/c1-15(19(25)22-11-6-3-7-12-22)20-18(24)17-10-13-23(21-17)14-26-16-8-4-2-5-9-16/h2,4-5,8-10,13,15H,3,6-7,11-12,14H2,1H3,(H,20,24). The minimum atomic E-state index is -0.564. The van der Waals surface area contributed by atoms with Gasteiger partial charge in [0.25, 0.3) is 5.91 Å². The van der Waals surface area contributed by atoms with Crippen molar-refractivity contribution in [1.82, 2.24) is 20.0 Å². The molecule has 0 saturated carbocycles. The van der Waals surface area contributed by atoms with E-state index in [1.165, 1.54) is 0 Å². The average Bonchev–Trinajstić information content (AvgIpc) is 3.16. The smallest absolute Gasteiger partial charge is 0.272 e. The zero-order chi connectivity index (χ0) is 18.4. The zero-order valence-corrected chi connectivity index (χ0v) is 14.9. The van der Waals surface area contributed by atoms with Gasteiger partial charge in [-0.15, -0.1) is 0 Å². The summed E-state index contributed by atoms with van der Waals surface area (Å²) in [7, 11) is 0. The molecule has 1 fully saturated rings. The quantitative estimate of drug-likeness (QED) is 0.859. The Balaban J connectivity index is 1.51. The van der Waals surface area contributed by atoms with Gasteiger partial charge in [-0.3, -0.25) is 9.59 Å². The van der Waals surface area contributed by atoms with E-state index in [0.29, 0.717) is 0 Å². The number of hydrogen-bond acceptors (Lipinski definition) is 4. The molecule has 2 amide bonds. The number of benzene rings is 1. The maximum Gasteiger partial charge on any atom is 0.272 e. The van der Waals surface area contributed by atoms with Crippen LogP contribution < -0.4 is 10.1 Å². The Kier molecular flexibility index (Phi) is 5.88. The molecule has 1 aliphatic rings. The van der Waals surface area contributed by atoms with E-state index in [-0.39, 0.29) is 24.2 Å². The molecule has 0 aliphatic carbocycles. The fourth-order valence-electron chi connectivity index (χ4n) is 2.93. The van der Waals surface area contributed by atoms with E-state index in [4.69, 9.17) is 4.74 Å². The molecule has 26 heavy (non-hydrogen) atoms. The van der Waals surface area contributed by atoms with Crippen LogP contribution in [0.15, 0.2) is 42.6 Å². The van der Waals surface area contributed by atoms with Crippen LogP contribution in [0.25, 0.3) is 0 Å². The Hall–Kier alpha value is -2.83. The monoisotopic (exact) mass is 356 g/mol. The molecule has 2 aromatic rings. The number of carbonyl (C=O) groups is 2. The SMILES string of the molecule is CC(NC(=O)c1ccn(COc2ccccc2)n1)C(=O)N1CCCCC1. The van der Waals surface area contributed by atoms with Crippen LogP contribution in [0, 0.1) is 0 Å². The maximum atomic E-state index is 12.4. The molecule has 2 heterocycles. The van der Waals surface area contributed by atoms with E-state index in [2.05, 4.69) is 10.4 Å². The van der Waals surface area contributed by atoms with Crippen LogP contribution in [0.2, 0.25) is 0 Å². The van der Waals surface area contributed by atoms with Crippen molar-refractivity contribution in [3.8, 4) is 5.75 Å². The topological polar surface area (TPSA) is 76.5 Å². The van der Waals surface area contributed by atoms with Crippen molar-refractivity contribution in [3.63, 3.8) is 0 Å². The molecule has 1 saturated heterocycles. The Bertz CT molecular complexity index is 738. The summed E-state index contributed by atoms with van der Waals surface area (Å²) in [5.74, 6) is 0.334. The number of amides is 2. The largest absolute Gasteiger partial charge is 0.471 e. The van der Waals surface area contributed by atoms with Crippen molar-refractivity contribution >= 4 is 11.8 Å². The number of rotatable bonds is 6. The lowest BCUT2D eigenvalue weighted by Gasteiger charge is -2.29. The maximum absolute atomic E-state index is 12.4. The van der Waals surface area contributed by atoms with Crippen LogP contribution in [0.1, 0.15) is 36.7 Å². The predicted molar refractivity (Wildman–Crippen MR) is 96.7 cm³/mol. The minimum Gasteiger partial charge on any atom is -0.471 e. The van der Waals surface area contributed by atoms with E-state index in [9.17, 15) is 9.59 Å². The van der Waals surface area contributed by atoms with Gasteiger partial charge in [0.1, 0.15) is 17.5 Å². The molecular formula is C19H24N4O3. The summed E-state index contributed by atoms with van der Waals surface area (Å²) in [5.41, 5.74) is 0.264. The molecule has 7 heteroatoms. The predicted octanol–water partition coefficient (Wildman–Crippen LogP) is 2.05. The van der Waals surface area contributed by atoms with E-state index in [1.54, 1.807) is 23.9 Å². The summed E-state index contributed by atoms with van der Waals surface area (Å²) in [5, 5.41) is 6.94. The molecule has 1 unspecified atom stereocenters. The third-order valence-electron chi connectivity index (χ3n) is 4.37. The van der Waals surface area contributed by atoms with E-state index in [1.807, 2.05) is 35.2 Å². The lowest BCUT2D eigenvalue weighted by Crippen LogP contribution is -2.48. The molecule has 1 atom stereocenters. The Morgan fingerprint density at radius 1 is 1.15 bits per heavy atom. The van der Waals surface area contributed by atoms with Gasteiger partial charge in [-0.1, -0.05) is 18.2 Å². The summed E-state index contributed by atoms with van der Waals surface area (Å²) in [4.78, 5) is 26.5. The van der Waals surface area contributed by atoms with Crippen LogP contribution in [-0.4, -0.2) is 45.6 Å². The molecule has 1 aliphatic heterocycles. The second kappa shape index (κ2) is 8.51. The summed E-state index contributed by atoms with van der Waals surface area (Å²) in [6, 6.07) is 10.4. The van der Waals surface area contributed by atoms with Gasteiger partial charge in [0.05, 0.1) is 0 Å². The van der Waals surface area contributed by atoms with Gasteiger partial charge in [0.2, 0.25) is 5.91 Å². The molecule has 1 N–H and O–H groups in total. The molecule has 138 valence electrons. The fourth-order valence-corrected chi connectivity index (χ4v) is 2.93. The molecule has 1 aromatic carbocycles. The van der Waals surface area contributed by atoms with Crippen LogP contribution in [0.3, 0.4) is 0 Å². The first-order chi connectivity index (χ1) is 12.6. The fraction of sp³-hybridized carbons (Fsp3) is 0.421. The first kappa shape index (κ1) is 18.0. The Labute approximate surface area is 152 Å². The van der Waals surface area contributed by atoms with E-state index < -0.39 is 6.04 Å². The van der Waals surface area contributed by atoms with Crippen LogP contribution in [0.5, 0.6) is 5.75 Å². The van der Waals surface area contributed by atoms with E-state index >= 15 is 0 Å². The van der Waals surface area contributed by atoms with E-state index in [0.717, 1.165) is 38.1 Å². The van der Waals surface area contributed by atoms with Gasteiger partial charge in [-0.05, 0) is 44.4 Å². The molecule has 0 radical (unpaired) electrons. The highest BCUT2D eigenvalue weighted by Gasteiger charge is 2.24. The Morgan fingerprint density at radius 3 is 2.62 bits per heavy atom. The third-order valence-corrected chi connectivity index (χ3v) is 4.37. The second-order valence-electron chi connectivity index (χ2n) is 6.41. The van der Waals surface area contributed by atoms with Crippen LogP contribution >= 0.6 is 0 Å². The first-order valence-corrected chi connectivity index (χ1v) is 8.94. The van der Waals surface area contributed by atoms with Gasteiger partial charge >= 0.3 is 0 Å². The number of carbonyl (C=O) groups excluding carboxylic acids is 2. The van der Waals surface area contributed by atoms with Crippen molar-refractivity contribution in [1.29, 1.82) is 0 Å². The molecule has 0 spiro atoms. The van der Waals surface area contributed by atoms with Crippen molar-refractivity contribution in [2.45, 2.75) is 39.0 Å². The molecule has 0 bridgehead atoms. The number of para-hydroxylation sites is 1. The zero-order valence-electron chi connectivity index (χ0n) is 14.9. The highest BCUT2D eigenvalue weighted by Crippen LogP contribution is 2.11. The van der Waals surface area contributed by atoms with Crippen molar-refractivity contribution < 1.29 is 14.3 Å². The average molecular weight is 356 g/mol. The summed E-state index contributed by atoms with van der Waals surface area (Å²) in [6.45, 7) is 3.46. The normalized spacial score (nSPS) is 15.3. The number of ether oxygens (including phenoxy) is 1. The highest BCUT2D eigenvalue weighted by atomic mass is 16.5. The summed E-state index contributed by atoms with van der Waals surface area (Å²) < 4.78 is 7.13. The van der Waals surface area contributed by atoms with Crippen LogP contribution in [0.4, 0.5) is 0 Å². The second-order valence-corrected chi connectivity index (χ2v) is 6.41. The van der Waals surface area contributed by atoms with Crippen molar-refractivity contribution in [3.05, 3.63) is 48.3 Å². The number of nitrogens with one attached hydrogen (secondary N) is 1. The van der Waals surface area contributed by atoms with Crippen LogP contribution in [-0.2, 0) is 11.5 Å². The molecule has 1 aromatic heterocycles. The van der Waals surface area contributed by atoms with Crippen molar-refractivity contribution in [2.24, 2.45) is 0 Å². The lowest BCUT2D eigenvalue weighted by molar-refractivity contribution is -0.133. The molecule has 7 nitrogen and oxygen atoms in total. The number of nitrogens with zero attached hydrogens (tertiary/aromatic N) is 3. The lowest BCUT2D eigenvalue weighted by atomic mass is 10.1. The first-order valence-electron chi connectivity index (χ1n) is 8.94. The molecule has 3 rings (SSSR count). The minimum absolute atomic E-state index is 0.0371. The van der Waals surface area contributed by atoms with Crippen molar-refractivity contribution in [2.75, 3.05) is 13.1 Å². The van der Waals surface area contributed by atoms with Gasteiger partial charge < -0.3 is 15.0 Å². The summed E-state index contributed by atoms with van der Waals surface area (Å²) >= 11 is 0. The van der Waals surface area contributed by atoms with Gasteiger partial charge in [-0.2, -0.15) is 5.10 Å². The number of aromatic nitrogens is 2. The number of piperidine rings is 1. The third kappa shape index (κ3) is 4.62.